The molecule has 1 heterocycles. The second-order valence-corrected chi connectivity index (χ2v) is 8.19. The fraction of sp³-hybridized carbons (Fsp3) is 0.636. The highest BCUT2D eigenvalue weighted by Gasteiger charge is 2.38. The van der Waals surface area contributed by atoms with Gasteiger partial charge in [0.2, 0.25) is 11.8 Å². The van der Waals surface area contributed by atoms with Gasteiger partial charge in [-0.1, -0.05) is 50.6 Å². The lowest BCUT2D eigenvalue weighted by Gasteiger charge is -2.36. The van der Waals surface area contributed by atoms with Crippen LogP contribution in [0.2, 0.25) is 0 Å². The third-order valence-electron chi connectivity index (χ3n) is 6.16. The highest BCUT2D eigenvalue weighted by molar-refractivity contribution is 5.85. The number of amides is 2. The SMILES string of the molecule is CCC(C)C(N)C(=O)N1CCC(C(=O)N(Cc2ccccc2)C2CC2)CC1.Cl. The minimum absolute atomic E-state index is 0. The van der Waals surface area contributed by atoms with E-state index in [1.165, 1.54) is 5.56 Å². The Hall–Kier alpha value is -1.59. The molecule has 2 unspecified atom stereocenters. The molecule has 156 valence electrons. The van der Waals surface area contributed by atoms with E-state index in [2.05, 4.69) is 24.0 Å². The molecule has 1 saturated heterocycles. The van der Waals surface area contributed by atoms with Crippen molar-refractivity contribution >= 4 is 24.2 Å². The van der Waals surface area contributed by atoms with Gasteiger partial charge in [-0.3, -0.25) is 9.59 Å². The predicted octanol–water partition coefficient (Wildman–Crippen LogP) is 3.21. The van der Waals surface area contributed by atoms with Crippen LogP contribution in [-0.4, -0.2) is 46.8 Å². The van der Waals surface area contributed by atoms with Gasteiger partial charge in [-0.2, -0.15) is 0 Å². The number of hydrogen-bond acceptors (Lipinski definition) is 3. The highest BCUT2D eigenvalue weighted by atomic mass is 35.5. The molecule has 2 amide bonds. The molecular weight excluding hydrogens is 374 g/mol. The summed E-state index contributed by atoms with van der Waals surface area (Å²) in [4.78, 5) is 29.7. The topological polar surface area (TPSA) is 66.6 Å². The molecule has 1 aliphatic carbocycles. The summed E-state index contributed by atoms with van der Waals surface area (Å²) in [7, 11) is 0. The summed E-state index contributed by atoms with van der Waals surface area (Å²) in [5.74, 6) is 0.518. The van der Waals surface area contributed by atoms with Crippen LogP contribution in [-0.2, 0) is 16.1 Å². The summed E-state index contributed by atoms with van der Waals surface area (Å²) in [6.45, 7) is 6.06. The third-order valence-corrected chi connectivity index (χ3v) is 6.16. The first kappa shape index (κ1) is 22.7. The number of likely N-dealkylation sites (tertiary alicyclic amines) is 1. The lowest BCUT2D eigenvalue weighted by Crippen LogP contribution is -2.51. The molecule has 2 aliphatic rings. The minimum Gasteiger partial charge on any atom is -0.341 e. The first-order chi connectivity index (χ1) is 13.0. The normalized spacial score (nSPS) is 19.5. The van der Waals surface area contributed by atoms with Gasteiger partial charge in [0.1, 0.15) is 0 Å². The van der Waals surface area contributed by atoms with Crippen molar-refractivity contribution in [2.45, 2.75) is 64.6 Å². The van der Waals surface area contributed by atoms with Crippen LogP contribution in [0.3, 0.4) is 0 Å². The number of nitrogens with zero attached hydrogens (tertiary/aromatic N) is 2. The Morgan fingerprint density at radius 3 is 2.29 bits per heavy atom. The van der Waals surface area contributed by atoms with Crippen LogP contribution in [0, 0.1) is 11.8 Å². The van der Waals surface area contributed by atoms with Crippen LogP contribution in [0.5, 0.6) is 0 Å². The number of carbonyl (C=O) groups is 2. The zero-order chi connectivity index (χ0) is 19.4. The maximum atomic E-state index is 13.1. The third kappa shape index (κ3) is 5.48. The quantitative estimate of drug-likeness (QED) is 0.754. The molecule has 1 saturated carbocycles. The molecule has 2 N–H and O–H groups in total. The molecule has 0 bridgehead atoms. The van der Waals surface area contributed by atoms with Crippen molar-refractivity contribution in [3.63, 3.8) is 0 Å². The van der Waals surface area contributed by atoms with Gasteiger partial charge < -0.3 is 15.5 Å². The van der Waals surface area contributed by atoms with E-state index in [9.17, 15) is 9.59 Å². The molecule has 0 aromatic heterocycles. The number of hydrogen-bond donors (Lipinski definition) is 1. The fourth-order valence-electron chi connectivity index (χ4n) is 3.84. The van der Waals surface area contributed by atoms with Gasteiger partial charge in [0.05, 0.1) is 6.04 Å². The summed E-state index contributed by atoms with van der Waals surface area (Å²) in [6.07, 6.45) is 4.61. The molecule has 1 aromatic rings. The van der Waals surface area contributed by atoms with E-state index in [1.54, 1.807) is 0 Å². The maximum Gasteiger partial charge on any atom is 0.239 e. The molecule has 2 atom stereocenters. The number of halogens is 1. The van der Waals surface area contributed by atoms with Crippen LogP contribution in [0.25, 0.3) is 0 Å². The Morgan fingerprint density at radius 1 is 1.14 bits per heavy atom. The van der Waals surface area contributed by atoms with Crippen LogP contribution in [0.1, 0.15) is 51.5 Å². The zero-order valence-electron chi connectivity index (χ0n) is 17.0. The van der Waals surface area contributed by atoms with E-state index < -0.39 is 6.04 Å². The maximum absolute atomic E-state index is 13.1. The minimum atomic E-state index is -0.428. The van der Waals surface area contributed by atoms with Crippen LogP contribution in [0.4, 0.5) is 0 Å². The summed E-state index contributed by atoms with van der Waals surface area (Å²) in [6, 6.07) is 10.2. The Bertz CT molecular complexity index is 642. The van der Waals surface area contributed by atoms with Gasteiger partial charge in [-0.05, 0) is 37.2 Å². The number of piperidine rings is 1. The van der Waals surface area contributed by atoms with Gasteiger partial charge in [0.15, 0.2) is 0 Å². The average molecular weight is 408 g/mol. The Kier molecular flexibility index (Phi) is 8.32. The fourth-order valence-corrected chi connectivity index (χ4v) is 3.84. The largest absolute Gasteiger partial charge is 0.341 e. The zero-order valence-corrected chi connectivity index (χ0v) is 17.9. The van der Waals surface area contributed by atoms with E-state index in [-0.39, 0.29) is 36.1 Å². The van der Waals surface area contributed by atoms with Crippen molar-refractivity contribution < 1.29 is 9.59 Å². The standard InChI is InChI=1S/C22H33N3O2.ClH/c1-3-16(2)20(23)22(27)24-13-11-18(12-14-24)21(26)25(19-9-10-19)15-17-7-5-4-6-8-17;/h4-8,16,18-20H,3,9-15,23H2,1-2H3;1H. The monoisotopic (exact) mass is 407 g/mol. The predicted molar refractivity (Wildman–Crippen MR) is 114 cm³/mol. The summed E-state index contributed by atoms with van der Waals surface area (Å²) < 4.78 is 0. The molecule has 28 heavy (non-hydrogen) atoms. The van der Waals surface area contributed by atoms with Crippen molar-refractivity contribution in [3.8, 4) is 0 Å². The molecular formula is C22H34ClN3O2. The number of carbonyl (C=O) groups excluding carboxylic acids is 2. The van der Waals surface area contributed by atoms with Crippen molar-refractivity contribution in [1.29, 1.82) is 0 Å². The summed E-state index contributed by atoms with van der Waals surface area (Å²) in [5.41, 5.74) is 7.30. The van der Waals surface area contributed by atoms with Crippen molar-refractivity contribution in [2.75, 3.05) is 13.1 Å². The Morgan fingerprint density at radius 2 is 1.75 bits per heavy atom. The van der Waals surface area contributed by atoms with E-state index in [0.717, 1.165) is 32.1 Å². The van der Waals surface area contributed by atoms with Crippen LogP contribution in [0.15, 0.2) is 30.3 Å². The Balaban J connectivity index is 0.00000280. The van der Waals surface area contributed by atoms with Gasteiger partial charge in [-0.15, -0.1) is 12.4 Å². The molecule has 0 radical (unpaired) electrons. The number of nitrogens with two attached hydrogens (primary N) is 1. The molecule has 1 aliphatic heterocycles. The van der Waals surface area contributed by atoms with Crippen molar-refractivity contribution in [2.24, 2.45) is 17.6 Å². The second kappa shape index (κ2) is 10.3. The van der Waals surface area contributed by atoms with Gasteiger partial charge in [0.25, 0.3) is 0 Å². The van der Waals surface area contributed by atoms with Crippen molar-refractivity contribution in [3.05, 3.63) is 35.9 Å². The van der Waals surface area contributed by atoms with Gasteiger partial charge in [0, 0.05) is 31.6 Å². The highest BCUT2D eigenvalue weighted by Crippen LogP contribution is 2.32. The van der Waals surface area contributed by atoms with E-state index in [1.807, 2.05) is 30.0 Å². The van der Waals surface area contributed by atoms with Crippen molar-refractivity contribution in [1.82, 2.24) is 9.80 Å². The molecule has 5 nitrogen and oxygen atoms in total. The first-order valence-corrected chi connectivity index (χ1v) is 10.4. The summed E-state index contributed by atoms with van der Waals surface area (Å²) >= 11 is 0. The molecule has 6 heteroatoms. The molecule has 2 fully saturated rings. The number of benzene rings is 1. The molecule has 0 spiro atoms. The van der Waals surface area contributed by atoms with E-state index in [0.29, 0.717) is 25.7 Å². The van der Waals surface area contributed by atoms with Gasteiger partial charge >= 0.3 is 0 Å². The molecule has 1 aromatic carbocycles. The lowest BCUT2D eigenvalue weighted by atomic mass is 9.93. The Labute approximate surface area is 175 Å². The van der Waals surface area contributed by atoms with Crippen LogP contribution >= 0.6 is 12.4 Å². The average Bonchev–Trinajstić information content (AvgIpc) is 3.56. The first-order valence-electron chi connectivity index (χ1n) is 10.4. The van der Waals surface area contributed by atoms with Gasteiger partial charge in [-0.25, -0.2) is 0 Å². The number of rotatable bonds is 7. The van der Waals surface area contributed by atoms with Crippen LogP contribution < -0.4 is 5.73 Å². The lowest BCUT2D eigenvalue weighted by molar-refractivity contribution is -0.142. The van der Waals surface area contributed by atoms with E-state index >= 15 is 0 Å². The second-order valence-electron chi connectivity index (χ2n) is 8.19. The summed E-state index contributed by atoms with van der Waals surface area (Å²) in [5, 5.41) is 0. The molecule has 3 rings (SSSR count). The smallest absolute Gasteiger partial charge is 0.239 e. The van der Waals surface area contributed by atoms with E-state index in [4.69, 9.17) is 5.73 Å².